The molecule has 0 aliphatic heterocycles. The number of rotatable bonds is 11. The minimum absolute atomic E-state index is 0.321. The van der Waals surface area contributed by atoms with Crippen LogP contribution in [0, 0.1) is 5.41 Å². The Balaban J connectivity index is 1.64. The van der Waals surface area contributed by atoms with Crippen molar-refractivity contribution in [1.29, 1.82) is 5.41 Å². The molecule has 0 saturated carbocycles. The zero-order valence-electron chi connectivity index (χ0n) is 18.3. The maximum atomic E-state index is 7.47. The van der Waals surface area contributed by atoms with E-state index in [9.17, 15) is 0 Å². The van der Waals surface area contributed by atoms with Crippen molar-refractivity contribution in [2.24, 2.45) is 4.99 Å². The van der Waals surface area contributed by atoms with Gasteiger partial charge >= 0.3 is 0 Å². The van der Waals surface area contributed by atoms with Crippen molar-refractivity contribution in [2.75, 3.05) is 13.3 Å². The first-order valence-electron chi connectivity index (χ1n) is 10.3. The van der Waals surface area contributed by atoms with Gasteiger partial charge in [0.1, 0.15) is 23.9 Å². The molecule has 3 rings (SSSR count). The summed E-state index contributed by atoms with van der Waals surface area (Å²) in [6.45, 7) is 8.04. The number of pyridine rings is 1. The van der Waals surface area contributed by atoms with Crippen LogP contribution in [0.1, 0.15) is 17.7 Å². The fourth-order valence-electron chi connectivity index (χ4n) is 2.94. The maximum absolute atomic E-state index is 7.47. The third-order valence-corrected chi connectivity index (χ3v) is 6.65. The Morgan fingerprint density at radius 3 is 2.55 bits per heavy atom. The molecule has 0 unspecified atom stereocenters. The number of nitrogens with one attached hydrogen (secondary N) is 1. The van der Waals surface area contributed by atoms with Crippen molar-refractivity contribution < 1.29 is 9.47 Å². The monoisotopic (exact) mass is 456 g/mol. The third kappa shape index (κ3) is 7.02. The van der Waals surface area contributed by atoms with Crippen molar-refractivity contribution in [1.82, 2.24) is 9.38 Å². The quantitative estimate of drug-likeness (QED) is 0.166. The Morgan fingerprint density at radius 2 is 1.87 bits per heavy atom. The molecule has 0 radical (unpaired) electrons. The molecule has 1 N–H and O–H groups in total. The topological polar surface area (TPSA) is 72.0 Å². The summed E-state index contributed by atoms with van der Waals surface area (Å²) in [5.74, 6) is 1.81. The van der Waals surface area contributed by atoms with E-state index >= 15 is 0 Å². The first-order chi connectivity index (χ1) is 14.9. The van der Waals surface area contributed by atoms with Crippen LogP contribution in [-0.4, -0.2) is 42.7 Å². The molecule has 0 saturated heterocycles. The summed E-state index contributed by atoms with van der Waals surface area (Å²) in [7, 11) is -1.10. The van der Waals surface area contributed by atoms with E-state index in [1.165, 1.54) is 6.21 Å². The van der Waals surface area contributed by atoms with Gasteiger partial charge in [-0.2, -0.15) is 0 Å². The molecule has 0 amide bonds. The van der Waals surface area contributed by atoms with Gasteiger partial charge in [-0.25, -0.2) is 4.98 Å². The molecule has 164 valence electrons. The molecule has 3 aromatic rings. The highest BCUT2D eigenvalue weighted by Gasteiger charge is 2.12. The normalized spacial score (nSPS) is 12.3. The van der Waals surface area contributed by atoms with E-state index in [2.05, 4.69) is 29.6 Å². The number of benzene rings is 1. The second kappa shape index (κ2) is 10.7. The first kappa shape index (κ1) is 23.2. The lowest BCUT2D eigenvalue weighted by Crippen LogP contribution is -2.21. The van der Waals surface area contributed by atoms with Crippen LogP contribution < -0.4 is 4.74 Å². The largest absolute Gasteiger partial charge is 0.456 e. The highest BCUT2D eigenvalue weighted by Crippen LogP contribution is 2.23. The lowest BCUT2D eigenvalue weighted by molar-refractivity contribution is 0.155. The summed E-state index contributed by atoms with van der Waals surface area (Å²) in [6.07, 6.45) is 5.61. The van der Waals surface area contributed by atoms with Crippen LogP contribution in [0.5, 0.6) is 11.5 Å². The number of halogens is 1. The van der Waals surface area contributed by atoms with E-state index in [-0.39, 0.29) is 0 Å². The summed E-state index contributed by atoms with van der Waals surface area (Å²) >= 11 is 5.86. The number of fused-ring (bicyclic) bond motifs is 1. The van der Waals surface area contributed by atoms with E-state index in [0.717, 1.165) is 41.0 Å². The number of hydrogen-bond acceptors (Lipinski definition) is 5. The summed E-state index contributed by atoms with van der Waals surface area (Å²) in [5, 5.41) is 7.47. The summed E-state index contributed by atoms with van der Waals surface area (Å²) in [4.78, 5) is 8.97. The molecule has 0 spiro atoms. The van der Waals surface area contributed by atoms with Crippen LogP contribution in [0.3, 0.4) is 0 Å². The number of aromatic nitrogens is 2. The van der Waals surface area contributed by atoms with Crippen LogP contribution in [0.2, 0.25) is 25.7 Å². The minimum atomic E-state index is -1.10. The lowest BCUT2D eigenvalue weighted by atomic mass is 10.1. The Bertz CT molecular complexity index is 1040. The first-order valence-corrected chi connectivity index (χ1v) is 14.5. The molecule has 2 heterocycles. The van der Waals surface area contributed by atoms with Crippen molar-refractivity contribution in [3.05, 3.63) is 60.0 Å². The van der Waals surface area contributed by atoms with Gasteiger partial charge in [-0.3, -0.25) is 4.99 Å². The van der Waals surface area contributed by atoms with E-state index in [1.54, 1.807) is 0 Å². The molecule has 1 aromatic carbocycles. The van der Waals surface area contributed by atoms with Crippen molar-refractivity contribution >= 4 is 37.2 Å². The Labute approximate surface area is 189 Å². The molecular weight excluding hydrogens is 428 g/mol. The van der Waals surface area contributed by atoms with Gasteiger partial charge in [0.15, 0.2) is 0 Å². The third-order valence-electron chi connectivity index (χ3n) is 4.67. The number of aliphatic imine (C=N–C) groups is 1. The van der Waals surface area contributed by atoms with Gasteiger partial charge in [-0.1, -0.05) is 19.6 Å². The van der Waals surface area contributed by atoms with Crippen LogP contribution in [0.15, 0.2) is 53.8 Å². The Kier molecular flexibility index (Phi) is 8.01. The molecule has 0 aliphatic carbocycles. The Morgan fingerprint density at radius 1 is 1.13 bits per heavy atom. The van der Waals surface area contributed by atoms with Crippen LogP contribution in [0.4, 0.5) is 0 Å². The second-order valence-electron chi connectivity index (χ2n) is 8.48. The van der Waals surface area contributed by atoms with E-state index in [0.29, 0.717) is 24.8 Å². The predicted octanol–water partition coefficient (Wildman–Crippen LogP) is 6.01. The van der Waals surface area contributed by atoms with Gasteiger partial charge in [-0.15, -0.1) is 11.6 Å². The molecule has 0 fully saturated rings. The average molecular weight is 457 g/mol. The molecule has 0 aliphatic rings. The number of ether oxygens (including phenoxy) is 2. The van der Waals surface area contributed by atoms with Gasteiger partial charge in [0.05, 0.1) is 23.5 Å². The zero-order valence-corrected chi connectivity index (χ0v) is 20.0. The van der Waals surface area contributed by atoms with Crippen LogP contribution in [0.25, 0.3) is 5.65 Å². The molecular formula is C23H29ClN4O2Si. The van der Waals surface area contributed by atoms with E-state index in [4.69, 9.17) is 26.5 Å². The van der Waals surface area contributed by atoms with Crippen molar-refractivity contribution in [2.45, 2.75) is 38.0 Å². The van der Waals surface area contributed by atoms with Gasteiger partial charge in [-0.05, 0) is 48.0 Å². The standard InChI is InChI=1S/C23H29ClN4O2Si/c1-31(2,3)13-12-29-17-26-22(10-11-25)18-4-6-20(7-5-18)30-21-8-9-23-27-19(14-24)15-28(23)16-21/h4-9,11,15-16,25H,10,12-14,17H2,1-3H3. The average Bonchev–Trinajstić information content (AvgIpc) is 3.15. The van der Waals surface area contributed by atoms with Gasteiger partial charge < -0.3 is 19.3 Å². The summed E-state index contributed by atoms with van der Waals surface area (Å²) in [6, 6.07) is 12.6. The molecule has 0 bridgehead atoms. The van der Waals surface area contributed by atoms with E-state index in [1.807, 2.05) is 53.2 Å². The molecule has 6 nitrogen and oxygen atoms in total. The van der Waals surface area contributed by atoms with Crippen molar-refractivity contribution in [3.8, 4) is 11.5 Å². The summed E-state index contributed by atoms with van der Waals surface area (Å²) in [5.41, 5.74) is 3.45. The number of nitrogens with zero attached hydrogens (tertiary/aromatic N) is 3. The molecule has 0 atom stereocenters. The number of imidazole rings is 1. The predicted molar refractivity (Wildman–Crippen MR) is 130 cm³/mol. The fraction of sp³-hybridized carbons (Fsp3) is 0.348. The molecule has 31 heavy (non-hydrogen) atoms. The van der Waals surface area contributed by atoms with Gasteiger partial charge in [0.2, 0.25) is 0 Å². The van der Waals surface area contributed by atoms with Crippen LogP contribution in [-0.2, 0) is 10.6 Å². The van der Waals surface area contributed by atoms with Gasteiger partial charge in [0.25, 0.3) is 0 Å². The lowest BCUT2D eigenvalue weighted by Gasteiger charge is -2.14. The second-order valence-corrected chi connectivity index (χ2v) is 14.4. The zero-order chi connectivity index (χ0) is 22.3. The molecule has 2 aromatic heterocycles. The van der Waals surface area contributed by atoms with E-state index < -0.39 is 8.07 Å². The SMILES string of the molecule is C[Si](C)(C)CCOCN=C(CC=N)c1ccc(Oc2ccc3nc(CCl)cn3c2)cc1. The van der Waals surface area contributed by atoms with Gasteiger partial charge in [0, 0.05) is 33.5 Å². The number of hydrogen-bond donors (Lipinski definition) is 1. The minimum Gasteiger partial charge on any atom is -0.456 e. The van der Waals surface area contributed by atoms with Crippen LogP contribution >= 0.6 is 11.6 Å². The highest BCUT2D eigenvalue weighted by molar-refractivity contribution is 6.76. The maximum Gasteiger partial charge on any atom is 0.144 e. The van der Waals surface area contributed by atoms with Crippen molar-refractivity contribution in [3.63, 3.8) is 0 Å². The number of alkyl halides is 1. The summed E-state index contributed by atoms with van der Waals surface area (Å²) < 4.78 is 13.6. The Hall–Kier alpha value is -2.48. The molecule has 8 heteroatoms. The smallest absolute Gasteiger partial charge is 0.144 e. The fourth-order valence-corrected chi connectivity index (χ4v) is 3.82. The highest BCUT2D eigenvalue weighted by atomic mass is 35.5.